The van der Waals surface area contributed by atoms with E-state index in [1.54, 1.807) is 37.3 Å². The highest BCUT2D eigenvalue weighted by Gasteiger charge is 2.40. The molecule has 11 heteroatoms. The molecule has 5 rings (SSSR count). The molecular weight excluding hydrogens is 393 g/mol. The summed E-state index contributed by atoms with van der Waals surface area (Å²) in [6.45, 7) is 2.39. The molecule has 1 saturated heterocycles. The van der Waals surface area contributed by atoms with Gasteiger partial charge in [0.25, 0.3) is 5.88 Å². The second-order valence-electron chi connectivity index (χ2n) is 7.01. The summed E-state index contributed by atoms with van der Waals surface area (Å²) < 4.78 is 32.4. The minimum Gasteiger partial charge on any atom is -0.491 e. The lowest BCUT2D eigenvalue weighted by Crippen LogP contribution is -2.54. The largest absolute Gasteiger partial charge is 0.491 e. The summed E-state index contributed by atoms with van der Waals surface area (Å²) in [6, 6.07) is 8.61. The van der Waals surface area contributed by atoms with Crippen molar-refractivity contribution in [3.05, 3.63) is 47.5 Å². The van der Waals surface area contributed by atoms with Gasteiger partial charge in [0, 0.05) is 25.2 Å². The van der Waals surface area contributed by atoms with Gasteiger partial charge in [-0.15, -0.1) is 15.3 Å². The molecule has 0 aromatic carbocycles. The van der Waals surface area contributed by atoms with Gasteiger partial charge in [-0.25, -0.2) is 4.39 Å². The number of nitrogens with zero attached hydrogens (tertiary/aromatic N) is 6. The van der Waals surface area contributed by atoms with E-state index in [2.05, 4.69) is 30.8 Å². The monoisotopic (exact) mass is 411 g/mol. The molecule has 10 nitrogen and oxygen atoms in total. The van der Waals surface area contributed by atoms with Crippen LogP contribution in [0.5, 0.6) is 11.6 Å². The summed E-state index contributed by atoms with van der Waals surface area (Å²) >= 11 is 0. The van der Waals surface area contributed by atoms with Gasteiger partial charge in [0.15, 0.2) is 22.8 Å². The number of alkyl halides is 1. The summed E-state index contributed by atoms with van der Waals surface area (Å²) in [5.41, 5.74) is 0.502. The Morgan fingerprint density at radius 1 is 1.27 bits per heavy atom. The number of hydrogen-bond donors (Lipinski definition) is 1. The highest BCUT2D eigenvalue weighted by atomic mass is 19.1. The van der Waals surface area contributed by atoms with Crippen molar-refractivity contribution in [2.24, 2.45) is 0 Å². The Kier molecular flexibility index (Phi) is 4.31. The van der Waals surface area contributed by atoms with Crippen LogP contribution in [0.1, 0.15) is 17.1 Å². The topological polar surface area (TPSA) is 112 Å². The van der Waals surface area contributed by atoms with Crippen LogP contribution in [-0.2, 0) is 12.3 Å². The van der Waals surface area contributed by atoms with E-state index in [0.717, 1.165) is 0 Å². The molecule has 0 radical (unpaired) electrons. The van der Waals surface area contributed by atoms with Crippen LogP contribution in [0.2, 0.25) is 0 Å². The molecule has 0 amide bonds. The van der Waals surface area contributed by atoms with E-state index in [1.807, 2.05) is 0 Å². The normalized spacial score (nSPS) is 15.2. The average Bonchev–Trinajstić information content (AvgIpc) is 3.35. The first kappa shape index (κ1) is 18.4. The van der Waals surface area contributed by atoms with Crippen LogP contribution in [0, 0.1) is 6.92 Å². The fourth-order valence-electron chi connectivity index (χ4n) is 3.15. The molecule has 5 heterocycles. The van der Waals surface area contributed by atoms with Gasteiger partial charge in [0.05, 0.1) is 18.5 Å². The Labute approximate surface area is 170 Å². The van der Waals surface area contributed by atoms with Crippen molar-refractivity contribution in [1.82, 2.24) is 35.3 Å². The van der Waals surface area contributed by atoms with E-state index < -0.39 is 5.67 Å². The Hall–Kier alpha value is -3.60. The molecule has 0 saturated carbocycles. The quantitative estimate of drug-likeness (QED) is 0.508. The number of hydrogen-bond acceptors (Lipinski definition) is 9. The van der Waals surface area contributed by atoms with E-state index in [0.29, 0.717) is 40.1 Å². The number of halogens is 1. The molecule has 1 aliphatic heterocycles. The summed E-state index contributed by atoms with van der Waals surface area (Å²) in [5.74, 6) is 1.66. The number of pyridine rings is 1. The average molecular weight is 411 g/mol. The van der Waals surface area contributed by atoms with Crippen LogP contribution in [0.15, 0.2) is 34.9 Å². The van der Waals surface area contributed by atoms with Gasteiger partial charge in [0.2, 0.25) is 5.82 Å². The SMILES string of the molecule is COc1cc2nnc(-c3cc(C)on3)n2nc1OCc1cccc(C2(F)CNC2)n1. The van der Waals surface area contributed by atoms with Crippen molar-refractivity contribution in [2.45, 2.75) is 19.2 Å². The van der Waals surface area contributed by atoms with E-state index in [-0.39, 0.29) is 25.6 Å². The molecule has 0 atom stereocenters. The molecule has 154 valence electrons. The molecule has 1 N–H and O–H groups in total. The second kappa shape index (κ2) is 7.02. The molecule has 0 unspecified atom stereocenters. The summed E-state index contributed by atoms with van der Waals surface area (Å²) in [4.78, 5) is 4.39. The third-order valence-corrected chi connectivity index (χ3v) is 4.84. The number of nitrogens with one attached hydrogen (secondary N) is 1. The highest BCUT2D eigenvalue weighted by Crippen LogP contribution is 2.30. The molecule has 30 heavy (non-hydrogen) atoms. The fourth-order valence-corrected chi connectivity index (χ4v) is 3.15. The van der Waals surface area contributed by atoms with Gasteiger partial charge in [-0.05, 0) is 19.1 Å². The van der Waals surface area contributed by atoms with Gasteiger partial charge in [-0.1, -0.05) is 11.2 Å². The first-order valence-electron chi connectivity index (χ1n) is 9.29. The van der Waals surface area contributed by atoms with Crippen LogP contribution in [0.4, 0.5) is 4.39 Å². The Bertz CT molecular complexity index is 1220. The van der Waals surface area contributed by atoms with Crippen molar-refractivity contribution in [3.8, 4) is 23.1 Å². The smallest absolute Gasteiger partial charge is 0.275 e. The van der Waals surface area contributed by atoms with Crippen molar-refractivity contribution < 1.29 is 18.4 Å². The van der Waals surface area contributed by atoms with Gasteiger partial charge in [-0.3, -0.25) is 4.98 Å². The maximum absolute atomic E-state index is 14.6. The highest BCUT2D eigenvalue weighted by molar-refractivity contribution is 5.56. The minimum absolute atomic E-state index is 0.0900. The molecular formula is C19H18FN7O3. The lowest BCUT2D eigenvalue weighted by molar-refractivity contribution is 0.0835. The van der Waals surface area contributed by atoms with Crippen molar-refractivity contribution >= 4 is 5.65 Å². The molecule has 0 spiro atoms. The Balaban J connectivity index is 1.44. The molecule has 1 fully saturated rings. The van der Waals surface area contributed by atoms with E-state index in [9.17, 15) is 4.39 Å². The number of methoxy groups -OCH3 is 1. The molecule has 0 aliphatic carbocycles. The standard InChI is InChI=1S/C19H18FN7O3/c1-11-6-13(26-30-11)17-24-23-16-7-14(28-2)18(25-27(16)17)29-8-12-4-3-5-15(22-12)19(20)9-21-10-19/h3-7,21H,8-10H2,1-2H3. The predicted molar refractivity (Wildman–Crippen MR) is 102 cm³/mol. The van der Waals surface area contributed by atoms with Gasteiger partial charge in [-0.2, -0.15) is 4.52 Å². The van der Waals surface area contributed by atoms with Crippen molar-refractivity contribution in [1.29, 1.82) is 0 Å². The zero-order valence-electron chi connectivity index (χ0n) is 16.3. The number of aromatic nitrogens is 6. The number of ether oxygens (including phenoxy) is 2. The Morgan fingerprint density at radius 2 is 2.13 bits per heavy atom. The zero-order valence-corrected chi connectivity index (χ0v) is 16.3. The first-order valence-corrected chi connectivity index (χ1v) is 9.29. The minimum atomic E-state index is -1.43. The number of rotatable bonds is 6. The van der Waals surface area contributed by atoms with Crippen molar-refractivity contribution in [3.63, 3.8) is 0 Å². The van der Waals surface area contributed by atoms with Crippen molar-refractivity contribution in [2.75, 3.05) is 20.2 Å². The first-order chi connectivity index (χ1) is 14.6. The maximum Gasteiger partial charge on any atom is 0.275 e. The van der Waals surface area contributed by atoms with Gasteiger partial charge < -0.3 is 19.3 Å². The molecule has 0 bridgehead atoms. The van der Waals surface area contributed by atoms with Gasteiger partial charge in [0.1, 0.15) is 12.4 Å². The molecule has 1 aliphatic rings. The van der Waals surface area contributed by atoms with Crippen LogP contribution in [-0.4, -0.2) is 50.2 Å². The van der Waals surface area contributed by atoms with Crippen LogP contribution in [0.3, 0.4) is 0 Å². The van der Waals surface area contributed by atoms with Crippen LogP contribution >= 0.6 is 0 Å². The number of aryl methyl sites for hydroxylation is 1. The zero-order chi connectivity index (χ0) is 20.7. The third kappa shape index (κ3) is 3.12. The lowest BCUT2D eigenvalue weighted by Gasteiger charge is -2.34. The third-order valence-electron chi connectivity index (χ3n) is 4.84. The maximum atomic E-state index is 14.6. The predicted octanol–water partition coefficient (Wildman–Crippen LogP) is 1.84. The second-order valence-corrected chi connectivity index (χ2v) is 7.01. The van der Waals surface area contributed by atoms with Crippen LogP contribution in [0.25, 0.3) is 17.2 Å². The molecule has 4 aromatic heterocycles. The van der Waals surface area contributed by atoms with E-state index >= 15 is 0 Å². The van der Waals surface area contributed by atoms with E-state index in [1.165, 1.54) is 11.6 Å². The molecule has 4 aromatic rings. The Morgan fingerprint density at radius 3 is 2.83 bits per heavy atom. The van der Waals surface area contributed by atoms with Gasteiger partial charge >= 0.3 is 0 Å². The van der Waals surface area contributed by atoms with E-state index in [4.69, 9.17) is 14.0 Å². The lowest BCUT2D eigenvalue weighted by atomic mass is 9.94. The number of fused-ring (bicyclic) bond motifs is 1. The summed E-state index contributed by atoms with van der Waals surface area (Å²) in [7, 11) is 1.51. The summed E-state index contributed by atoms with van der Waals surface area (Å²) in [5, 5.41) is 19.6. The van der Waals surface area contributed by atoms with Crippen LogP contribution < -0.4 is 14.8 Å². The summed E-state index contributed by atoms with van der Waals surface area (Å²) in [6.07, 6.45) is 0. The fraction of sp³-hybridized carbons (Fsp3) is 0.316.